The van der Waals surface area contributed by atoms with Gasteiger partial charge >= 0.3 is 0 Å². The lowest BCUT2D eigenvalue weighted by Crippen LogP contribution is -2.27. The zero-order valence-corrected chi connectivity index (χ0v) is 12.3. The molecule has 0 radical (unpaired) electrons. The lowest BCUT2D eigenvalue weighted by molar-refractivity contribution is 0.165. The molecular formula is C18H20N2O2. The second-order valence-electron chi connectivity index (χ2n) is 5.13. The second-order valence-corrected chi connectivity index (χ2v) is 5.13. The van der Waals surface area contributed by atoms with Gasteiger partial charge in [0, 0.05) is 19.2 Å². The third-order valence-corrected chi connectivity index (χ3v) is 3.60. The SMILES string of the molecule is N#Cc1ccc(C(O)CNC(CCO)c2ccccc2)cc1. The molecule has 2 rings (SSSR count). The molecule has 0 fully saturated rings. The van der Waals surface area contributed by atoms with E-state index in [0.717, 1.165) is 11.1 Å². The molecule has 0 bridgehead atoms. The molecule has 0 spiro atoms. The first kappa shape index (κ1) is 16.2. The van der Waals surface area contributed by atoms with Gasteiger partial charge in [0.05, 0.1) is 17.7 Å². The van der Waals surface area contributed by atoms with Crippen molar-refractivity contribution in [3.63, 3.8) is 0 Å². The van der Waals surface area contributed by atoms with Gasteiger partial charge in [0.2, 0.25) is 0 Å². The number of nitrogens with one attached hydrogen (secondary N) is 1. The van der Waals surface area contributed by atoms with Gasteiger partial charge in [0.1, 0.15) is 0 Å². The van der Waals surface area contributed by atoms with Crippen LogP contribution in [0.15, 0.2) is 54.6 Å². The van der Waals surface area contributed by atoms with Crippen LogP contribution in [0.25, 0.3) is 0 Å². The molecule has 0 aliphatic rings. The number of aliphatic hydroxyl groups excluding tert-OH is 2. The van der Waals surface area contributed by atoms with Crippen LogP contribution in [0.4, 0.5) is 0 Å². The number of hydrogen-bond donors (Lipinski definition) is 3. The van der Waals surface area contributed by atoms with E-state index in [0.29, 0.717) is 18.5 Å². The summed E-state index contributed by atoms with van der Waals surface area (Å²) in [6.45, 7) is 0.463. The Morgan fingerprint density at radius 3 is 2.27 bits per heavy atom. The highest BCUT2D eigenvalue weighted by atomic mass is 16.3. The topological polar surface area (TPSA) is 76.3 Å². The summed E-state index contributed by atoms with van der Waals surface area (Å²) in [4.78, 5) is 0. The summed E-state index contributed by atoms with van der Waals surface area (Å²) >= 11 is 0. The molecule has 0 saturated heterocycles. The van der Waals surface area contributed by atoms with Gasteiger partial charge in [-0.15, -0.1) is 0 Å². The Kier molecular flexibility index (Phi) is 6.11. The minimum Gasteiger partial charge on any atom is -0.396 e. The van der Waals surface area contributed by atoms with Gasteiger partial charge in [-0.3, -0.25) is 0 Å². The quantitative estimate of drug-likeness (QED) is 0.733. The van der Waals surface area contributed by atoms with Crippen LogP contribution in [0.5, 0.6) is 0 Å². The number of rotatable bonds is 7. The van der Waals surface area contributed by atoms with Crippen molar-refractivity contribution in [2.24, 2.45) is 0 Å². The van der Waals surface area contributed by atoms with Gasteiger partial charge in [-0.1, -0.05) is 42.5 Å². The molecule has 0 amide bonds. The molecule has 4 heteroatoms. The maximum Gasteiger partial charge on any atom is 0.0991 e. The van der Waals surface area contributed by atoms with E-state index in [2.05, 4.69) is 11.4 Å². The molecule has 0 saturated carbocycles. The van der Waals surface area contributed by atoms with Gasteiger partial charge in [-0.05, 0) is 29.7 Å². The van der Waals surface area contributed by atoms with E-state index < -0.39 is 6.10 Å². The van der Waals surface area contributed by atoms with Crippen molar-refractivity contribution in [2.75, 3.05) is 13.2 Å². The van der Waals surface area contributed by atoms with Gasteiger partial charge in [0.25, 0.3) is 0 Å². The maximum atomic E-state index is 10.2. The molecule has 0 aliphatic heterocycles. The molecule has 2 aromatic rings. The van der Waals surface area contributed by atoms with E-state index in [9.17, 15) is 10.2 Å². The molecule has 0 heterocycles. The number of hydrogen-bond acceptors (Lipinski definition) is 4. The van der Waals surface area contributed by atoms with Crippen LogP contribution >= 0.6 is 0 Å². The number of nitriles is 1. The molecular weight excluding hydrogens is 276 g/mol. The zero-order chi connectivity index (χ0) is 15.8. The largest absolute Gasteiger partial charge is 0.396 e. The lowest BCUT2D eigenvalue weighted by atomic mass is 10.0. The van der Waals surface area contributed by atoms with Crippen molar-refractivity contribution in [1.82, 2.24) is 5.32 Å². The minimum atomic E-state index is -0.655. The highest BCUT2D eigenvalue weighted by Crippen LogP contribution is 2.18. The maximum absolute atomic E-state index is 10.2. The Morgan fingerprint density at radius 2 is 1.68 bits per heavy atom. The summed E-state index contributed by atoms with van der Waals surface area (Å²) in [5.41, 5.74) is 2.43. The van der Waals surface area contributed by atoms with E-state index in [4.69, 9.17) is 5.26 Å². The molecule has 2 unspecified atom stereocenters. The standard InChI is InChI=1S/C18H20N2O2/c19-12-14-6-8-16(9-7-14)18(22)13-20-17(10-11-21)15-4-2-1-3-5-15/h1-9,17-18,20-22H,10-11,13H2. The molecule has 2 atom stereocenters. The number of nitrogens with zero attached hydrogens (tertiary/aromatic N) is 1. The molecule has 22 heavy (non-hydrogen) atoms. The average molecular weight is 296 g/mol. The Balaban J connectivity index is 1.98. The molecule has 0 aliphatic carbocycles. The monoisotopic (exact) mass is 296 g/mol. The third-order valence-electron chi connectivity index (χ3n) is 3.60. The predicted molar refractivity (Wildman–Crippen MR) is 85.0 cm³/mol. The van der Waals surface area contributed by atoms with E-state index in [1.54, 1.807) is 24.3 Å². The van der Waals surface area contributed by atoms with Gasteiger partial charge in [-0.2, -0.15) is 5.26 Å². The first-order valence-electron chi connectivity index (χ1n) is 7.32. The third kappa shape index (κ3) is 4.40. The number of aliphatic hydroxyl groups is 2. The smallest absolute Gasteiger partial charge is 0.0991 e. The summed E-state index contributed by atoms with van der Waals surface area (Å²) in [7, 11) is 0. The average Bonchev–Trinajstić information content (AvgIpc) is 2.59. The van der Waals surface area contributed by atoms with Crippen LogP contribution in [-0.2, 0) is 0 Å². The van der Waals surface area contributed by atoms with Gasteiger partial charge in [-0.25, -0.2) is 0 Å². The Bertz CT molecular complexity index is 605. The lowest BCUT2D eigenvalue weighted by Gasteiger charge is -2.21. The van der Waals surface area contributed by atoms with E-state index in [-0.39, 0.29) is 12.6 Å². The van der Waals surface area contributed by atoms with Crippen molar-refractivity contribution in [3.8, 4) is 6.07 Å². The van der Waals surface area contributed by atoms with Crippen LogP contribution in [0, 0.1) is 11.3 Å². The zero-order valence-electron chi connectivity index (χ0n) is 12.3. The summed E-state index contributed by atoms with van der Waals surface area (Å²) in [5, 5.41) is 31.5. The van der Waals surface area contributed by atoms with E-state index in [1.807, 2.05) is 30.3 Å². The van der Waals surface area contributed by atoms with E-state index >= 15 is 0 Å². The van der Waals surface area contributed by atoms with E-state index in [1.165, 1.54) is 0 Å². The molecule has 4 nitrogen and oxygen atoms in total. The van der Waals surface area contributed by atoms with Crippen LogP contribution in [0.3, 0.4) is 0 Å². The first-order chi connectivity index (χ1) is 10.7. The van der Waals surface area contributed by atoms with Gasteiger partial charge in [0.15, 0.2) is 0 Å². The molecule has 3 N–H and O–H groups in total. The second kappa shape index (κ2) is 8.30. The van der Waals surface area contributed by atoms with Crippen molar-refractivity contribution in [1.29, 1.82) is 5.26 Å². The van der Waals surface area contributed by atoms with Gasteiger partial charge < -0.3 is 15.5 Å². The summed E-state index contributed by atoms with van der Waals surface area (Å²) in [6, 6.07) is 18.8. The van der Waals surface area contributed by atoms with Crippen molar-refractivity contribution in [3.05, 3.63) is 71.3 Å². The summed E-state index contributed by atoms with van der Waals surface area (Å²) in [5.74, 6) is 0. The van der Waals surface area contributed by atoms with Crippen LogP contribution in [0.2, 0.25) is 0 Å². The molecule has 0 aromatic heterocycles. The van der Waals surface area contributed by atoms with Crippen molar-refractivity contribution >= 4 is 0 Å². The van der Waals surface area contributed by atoms with Crippen LogP contribution in [-0.4, -0.2) is 23.4 Å². The Morgan fingerprint density at radius 1 is 1.00 bits per heavy atom. The fraction of sp³-hybridized carbons (Fsp3) is 0.278. The highest BCUT2D eigenvalue weighted by Gasteiger charge is 2.13. The Hall–Kier alpha value is -2.19. The summed E-state index contributed by atoms with van der Waals surface area (Å²) < 4.78 is 0. The fourth-order valence-electron chi connectivity index (χ4n) is 2.35. The fourth-order valence-corrected chi connectivity index (χ4v) is 2.35. The minimum absolute atomic E-state index is 0.000711. The number of benzene rings is 2. The highest BCUT2D eigenvalue weighted by molar-refractivity contribution is 5.32. The summed E-state index contributed by atoms with van der Waals surface area (Å²) in [6.07, 6.45) is -0.0676. The van der Waals surface area contributed by atoms with Crippen LogP contribution in [0.1, 0.15) is 35.3 Å². The first-order valence-corrected chi connectivity index (χ1v) is 7.32. The predicted octanol–water partition coefficient (Wildman–Crippen LogP) is 2.30. The van der Waals surface area contributed by atoms with Crippen molar-refractivity contribution in [2.45, 2.75) is 18.6 Å². The molecule has 114 valence electrons. The Labute approximate surface area is 130 Å². The normalized spacial score (nSPS) is 13.3. The van der Waals surface area contributed by atoms with Crippen molar-refractivity contribution < 1.29 is 10.2 Å². The molecule has 2 aromatic carbocycles. The van der Waals surface area contributed by atoms with Crippen LogP contribution < -0.4 is 5.32 Å².